The lowest BCUT2D eigenvalue weighted by Crippen LogP contribution is -2.42. The van der Waals surface area contributed by atoms with Crippen molar-refractivity contribution >= 4 is 26.9 Å². The molecule has 11 nitrogen and oxygen atoms in total. The molecule has 2 aromatic carbocycles. The molecule has 0 saturated heterocycles. The van der Waals surface area contributed by atoms with Crippen LogP contribution in [0.25, 0.3) is 11.0 Å². The average molecular weight is 641 g/mol. The molecule has 2 atom stereocenters. The number of sulfonamides is 1. The number of aliphatic hydroxyl groups is 1. The lowest BCUT2D eigenvalue weighted by molar-refractivity contribution is -0.153. The van der Waals surface area contributed by atoms with Gasteiger partial charge >= 0.3 is 0 Å². The van der Waals surface area contributed by atoms with Crippen molar-refractivity contribution in [1.29, 1.82) is 0 Å². The van der Waals surface area contributed by atoms with Gasteiger partial charge in [-0.3, -0.25) is 9.59 Å². The standard InChI is InChI=1S/C33H40N2O9S/c1-34(24-8-4-3-5-9-24)33(38)30-20-23(28-22-43-29-11-7-6-10-27(29)32(28)37)21-31(44-30)42-19-17-35(16-18-36)45(39,40)26-14-12-25(41-2)13-15-26/h6-7,10-15,20,22-24,31,36H,3-5,8-9,16-19,21H2,1-2H3. The first-order valence-electron chi connectivity index (χ1n) is 15.3. The second-order valence-electron chi connectivity index (χ2n) is 11.3. The third kappa shape index (κ3) is 7.41. The Bertz CT molecular complexity index is 1660. The summed E-state index contributed by atoms with van der Waals surface area (Å²) in [7, 11) is -0.689. The van der Waals surface area contributed by atoms with E-state index in [0.717, 1.165) is 36.4 Å². The van der Waals surface area contributed by atoms with Crippen LogP contribution in [0.15, 0.2) is 80.7 Å². The number of benzene rings is 2. The highest BCUT2D eigenvalue weighted by Gasteiger charge is 2.34. The molecule has 0 radical (unpaired) electrons. The molecule has 0 spiro atoms. The normalized spacial score (nSPS) is 19.2. The molecule has 242 valence electrons. The average Bonchev–Trinajstić information content (AvgIpc) is 3.07. The Morgan fingerprint density at radius 2 is 1.78 bits per heavy atom. The van der Waals surface area contributed by atoms with E-state index >= 15 is 0 Å². The zero-order chi connectivity index (χ0) is 32.0. The van der Waals surface area contributed by atoms with Gasteiger partial charge in [0.2, 0.25) is 16.3 Å². The smallest absolute Gasteiger partial charge is 0.288 e. The fraction of sp³-hybridized carbons (Fsp3) is 0.455. The van der Waals surface area contributed by atoms with Crippen molar-refractivity contribution in [3.8, 4) is 5.75 Å². The zero-order valence-electron chi connectivity index (χ0n) is 25.6. The van der Waals surface area contributed by atoms with Gasteiger partial charge in [-0.15, -0.1) is 0 Å². The van der Waals surface area contributed by atoms with Crippen LogP contribution >= 0.6 is 0 Å². The summed E-state index contributed by atoms with van der Waals surface area (Å²) in [5.74, 6) is -0.243. The Morgan fingerprint density at radius 3 is 2.49 bits per heavy atom. The molecule has 2 aliphatic rings. The van der Waals surface area contributed by atoms with E-state index in [1.807, 2.05) is 0 Å². The molecule has 12 heteroatoms. The van der Waals surface area contributed by atoms with Crippen molar-refractivity contribution < 1.29 is 36.9 Å². The molecule has 1 amide bonds. The molecule has 1 N–H and O–H groups in total. The minimum Gasteiger partial charge on any atom is -0.497 e. The lowest BCUT2D eigenvalue weighted by Gasteiger charge is -2.34. The third-order valence-electron chi connectivity index (χ3n) is 8.51. The van der Waals surface area contributed by atoms with Gasteiger partial charge in [0, 0.05) is 44.1 Å². The van der Waals surface area contributed by atoms with Gasteiger partial charge in [0.1, 0.15) is 11.3 Å². The Balaban J connectivity index is 1.36. The minimum absolute atomic E-state index is 0.0512. The lowest BCUT2D eigenvalue weighted by atomic mass is 9.92. The maximum atomic E-state index is 13.7. The number of carbonyl (C=O) groups excluding carboxylic acids is 1. The van der Waals surface area contributed by atoms with Gasteiger partial charge < -0.3 is 28.6 Å². The van der Waals surface area contributed by atoms with E-state index in [0.29, 0.717) is 22.3 Å². The molecule has 1 fully saturated rings. The van der Waals surface area contributed by atoms with Gasteiger partial charge in [-0.05, 0) is 55.3 Å². The molecule has 5 rings (SSSR count). The Kier molecular flexibility index (Phi) is 10.6. The maximum absolute atomic E-state index is 13.7. The number of ether oxygens (including phenoxy) is 3. The van der Waals surface area contributed by atoms with Gasteiger partial charge in [-0.2, -0.15) is 4.31 Å². The summed E-state index contributed by atoms with van der Waals surface area (Å²) >= 11 is 0. The summed E-state index contributed by atoms with van der Waals surface area (Å²) in [6.07, 6.45) is 7.43. The number of allylic oxidation sites excluding steroid dienone is 1. The highest BCUT2D eigenvalue weighted by atomic mass is 32.2. The molecule has 1 aliphatic carbocycles. The topological polar surface area (TPSA) is 136 Å². The summed E-state index contributed by atoms with van der Waals surface area (Å²) < 4.78 is 50.8. The molecule has 2 unspecified atom stereocenters. The van der Waals surface area contributed by atoms with Crippen molar-refractivity contribution in [3.05, 3.63) is 82.4 Å². The van der Waals surface area contributed by atoms with Crippen molar-refractivity contribution in [3.63, 3.8) is 0 Å². The fourth-order valence-electron chi connectivity index (χ4n) is 5.93. The Labute approximate surface area is 263 Å². The fourth-order valence-corrected chi connectivity index (χ4v) is 7.35. The van der Waals surface area contributed by atoms with Crippen LogP contribution in [0.3, 0.4) is 0 Å². The largest absolute Gasteiger partial charge is 0.497 e. The first-order valence-corrected chi connectivity index (χ1v) is 16.7. The SMILES string of the molecule is COc1ccc(S(=O)(=O)N(CCO)CCOC2CC(c3coc4ccccc4c3=O)C=C(C(=O)N(C)C3CCCCC3)O2)cc1. The highest BCUT2D eigenvalue weighted by molar-refractivity contribution is 7.89. The van der Waals surface area contributed by atoms with E-state index in [1.165, 1.54) is 25.5 Å². The molecule has 3 aromatic rings. The van der Waals surface area contributed by atoms with Crippen LogP contribution in [0, 0.1) is 0 Å². The van der Waals surface area contributed by atoms with E-state index < -0.39 is 22.2 Å². The van der Waals surface area contributed by atoms with Crippen LogP contribution in [-0.2, 0) is 24.3 Å². The molecule has 45 heavy (non-hydrogen) atoms. The molecule has 2 heterocycles. The summed E-state index contributed by atoms with van der Waals surface area (Å²) in [5.41, 5.74) is 0.636. The number of nitrogens with zero attached hydrogens (tertiary/aromatic N) is 2. The maximum Gasteiger partial charge on any atom is 0.288 e. The molecular formula is C33H40N2O9S. The van der Waals surface area contributed by atoms with Gasteiger partial charge in [-0.25, -0.2) is 8.42 Å². The summed E-state index contributed by atoms with van der Waals surface area (Å²) in [5, 5.41) is 10.0. The quantitative estimate of drug-likeness (QED) is 0.312. The second-order valence-corrected chi connectivity index (χ2v) is 13.3. The number of fused-ring (bicyclic) bond motifs is 1. The van der Waals surface area contributed by atoms with E-state index in [1.54, 1.807) is 54.4 Å². The zero-order valence-corrected chi connectivity index (χ0v) is 26.4. The molecule has 1 aliphatic heterocycles. The van der Waals surface area contributed by atoms with Gasteiger partial charge in [0.05, 0.1) is 36.9 Å². The third-order valence-corrected chi connectivity index (χ3v) is 10.4. The van der Waals surface area contributed by atoms with E-state index in [9.17, 15) is 23.1 Å². The van der Waals surface area contributed by atoms with Crippen LogP contribution < -0.4 is 10.2 Å². The van der Waals surface area contributed by atoms with Crippen LogP contribution in [-0.4, -0.2) is 81.4 Å². The predicted molar refractivity (Wildman–Crippen MR) is 167 cm³/mol. The van der Waals surface area contributed by atoms with Crippen LogP contribution in [0.5, 0.6) is 5.75 Å². The van der Waals surface area contributed by atoms with Gasteiger partial charge in [0.25, 0.3) is 5.91 Å². The number of carbonyl (C=O) groups is 1. The van der Waals surface area contributed by atoms with Crippen molar-refractivity contribution in [1.82, 2.24) is 9.21 Å². The molecule has 1 saturated carbocycles. The van der Waals surface area contributed by atoms with E-state index in [2.05, 4.69) is 0 Å². The summed E-state index contributed by atoms with van der Waals surface area (Å²) in [4.78, 5) is 28.9. The van der Waals surface area contributed by atoms with Gasteiger partial charge in [0.15, 0.2) is 11.2 Å². The van der Waals surface area contributed by atoms with Crippen molar-refractivity contribution in [2.75, 3.05) is 40.5 Å². The Hall–Kier alpha value is -3.71. The summed E-state index contributed by atoms with van der Waals surface area (Å²) in [6, 6.07) is 13.0. The number of aliphatic hydroxyl groups excluding tert-OH is 1. The number of para-hydroxylation sites is 1. The van der Waals surface area contributed by atoms with Crippen molar-refractivity contribution in [2.24, 2.45) is 0 Å². The minimum atomic E-state index is -3.95. The Morgan fingerprint density at radius 1 is 1.04 bits per heavy atom. The monoisotopic (exact) mass is 640 g/mol. The van der Waals surface area contributed by atoms with Crippen LogP contribution in [0.1, 0.15) is 50.0 Å². The first kappa shape index (κ1) is 32.7. The number of likely N-dealkylation sites (N-methyl/N-ethyl adjacent to an activating group) is 1. The van der Waals surface area contributed by atoms with Crippen molar-refractivity contribution in [2.45, 2.75) is 61.7 Å². The highest BCUT2D eigenvalue weighted by Crippen LogP contribution is 2.33. The number of rotatable bonds is 12. The van der Waals surface area contributed by atoms with Gasteiger partial charge in [-0.1, -0.05) is 31.4 Å². The second kappa shape index (κ2) is 14.6. The first-order chi connectivity index (χ1) is 21.7. The number of methoxy groups -OCH3 is 1. The molecule has 0 bridgehead atoms. The number of hydrogen-bond donors (Lipinski definition) is 1. The molecular weight excluding hydrogens is 600 g/mol. The van der Waals surface area contributed by atoms with E-state index in [4.69, 9.17) is 18.6 Å². The molecule has 1 aromatic heterocycles. The van der Waals surface area contributed by atoms with Crippen LogP contribution in [0.2, 0.25) is 0 Å². The van der Waals surface area contributed by atoms with E-state index in [-0.39, 0.29) is 60.8 Å². The predicted octanol–water partition coefficient (Wildman–Crippen LogP) is 4.01. The van der Waals surface area contributed by atoms with Crippen LogP contribution in [0.4, 0.5) is 0 Å². The summed E-state index contributed by atoms with van der Waals surface area (Å²) in [6.45, 7) is -0.685. The number of hydrogen-bond acceptors (Lipinski definition) is 9. The number of amides is 1.